The molecule has 0 aromatic heterocycles. The van der Waals surface area contributed by atoms with Gasteiger partial charge in [0.1, 0.15) is 0 Å². The number of methoxy groups -OCH3 is 1. The molecule has 134 valence electrons. The molecule has 1 saturated heterocycles. The predicted octanol–water partition coefficient (Wildman–Crippen LogP) is 2.63. The van der Waals surface area contributed by atoms with Crippen LogP contribution in [0.4, 0.5) is 0 Å². The number of ether oxygens (including phenoxy) is 3. The molecular formula is C19H30N2O3. The Morgan fingerprint density at radius 2 is 2.12 bits per heavy atom. The van der Waals surface area contributed by atoms with Gasteiger partial charge in [-0.3, -0.25) is 4.90 Å². The highest BCUT2D eigenvalue weighted by Crippen LogP contribution is 2.31. The van der Waals surface area contributed by atoms with Crippen LogP contribution in [0.2, 0.25) is 0 Å². The van der Waals surface area contributed by atoms with E-state index in [0.717, 1.165) is 57.3 Å². The van der Waals surface area contributed by atoms with Crippen molar-refractivity contribution in [2.45, 2.75) is 19.4 Å². The monoisotopic (exact) mass is 334 g/mol. The van der Waals surface area contributed by atoms with Crippen LogP contribution in [0.25, 0.3) is 0 Å². The molecule has 1 aliphatic heterocycles. The van der Waals surface area contributed by atoms with Gasteiger partial charge in [-0.1, -0.05) is 12.1 Å². The minimum atomic E-state index is 0.230. The summed E-state index contributed by atoms with van der Waals surface area (Å²) < 4.78 is 16.5. The van der Waals surface area contributed by atoms with Gasteiger partial charge in [0.15, 0.2) is 11.5 Å². The Morgan fingerprint density at radius 3 is 2.79 bits per heavy atom. The number of nitrogens with one attached hydrogen (secondary N) is 1. The minimum absolute atomic E-state index is 0.230. The molecule has 0 spiro atoms. The lowest BCUT2D eigenvalue weighted by molar-refractivity contribution is 0.0381. The fraction of sp³-hybridized carbons (Fsp3) is 0.579. The van der Waals surface area contributed by atoms with Crippen LogP contribution >= 0.6 is 0 Å². The fourth-order valence-electron chi connectivity index (χ4n) is 2.90. The Balaban J connectivity index is 1.96. The highest BCUT2D eigenvalue weighted by Gasteiger charge is 2.15. The Bertz CT molecular complexity index is 501. The van der Waals surface area contributed by atoms with Gasteiger partial charge in [-0.05, 0) is 31.0 Å². The van der Waals surface area contributed by atoms with Gasteiger partial charge in [0.05, 0.1) is 26.9 Å². The molecule has 0 radical (unpaired) electrons. The number of benzene rings is 1. The first kappa shape index (κ1) is 18.8. The highest BCUT2D eigenvalue weighted by molar-refractivity contribution is 5.44. The van der Waals surface area contributed by atoms with Gasteiger partial charge in [-0.2, -0.15) is 0 Å². The van der Waals surface area contributed by atoms with Crippen LogP contribution in [0, 0.1) is 0 Å². The van der Waals surface area contributed by atoms with E-state index in [1.807, 2.05) is 19.1 Å². The van der Waals surface area contributed by atoms with E-state index in [1.165, 1.54) is 5.56 Å². The van der Waals surface area contributed by atoms with Crippen LogP contribution in [0.3, 0.4) is 0 Å². The lowest BCUT2D eigenvalue weighted by Gasteiger charge is -2.27. The van der Waals surface area contributed by atoms with Crippen LogP contribution in [0.5, 0.6) is 11.5 Å². The van der Waals surface area contributed by atoms with Gasteiger partial charge < -0.3 is 19.5 Å². The molecule has 0 amide bonds. The maximum atomic E-state index is 5.60. The topological polar surface area (TPSA) is 43.0 Å². The predicted molar refractivity (Wildman–Crippen MR) is 97.0 cm³/mol. The number of hydrogen-bond acceptors (Lipinski definition) is 5. The summed E-state index contributed by atoms with van der Waals surface area (Å²) >= 11 is 0. The molecule has 1 N–H and O–H groups in total. The molecule has 1 unspecified atom stereocenters. The standard InChI is InChI=1S/C19H30N2O3/c1-4-6-17(20-9-10-21-11-13-23-14-12-21)16-7-8-18(24-5-2)19(15-16)22-3/h4,7-8,15,17,20H,1,5-6,9-14H2,2-3H3. The van der Waals surface area contributed by atoms with E-state index in [0.29, 0.717) is 6.61 Å². The van der Waals surface area contributed by atoms with Gasteiger partial charge >= 0.3 is 0 Å². The molecule has 1 aromatic carbocycles. The third-order valence-corrected chi connectivity index (χ3v) is 4.21. The van der Waals surface area contributed by atoms with Crippen molar-refractivity contribution in [3.05, 3.63) is 36.4 Å². The average Bonchev–Trinajstić information content (AvgIpc) is 2.62. The third-order valence-electron chi connectivity index (χ3n) is 4.21. The maximum Gasteiger partial charge on any atom is 0.161 e. The molecule has 1 atom stereocenters. The molecule has 5 heteroatoms. The quantitative estimate of drug-likeness (QED) is 0.666. The average molecular weight is 334 g/mol. The van der Waals surface area contributed by atoms with Crippen LogP contribution in [0.1, 0.15) is 24.9 Å². The molecule has 24 heavy (non-hydrogen) atoms. The summed E-state index contributed by atoms with van der Waals surface area (Å²) in [6, 6.07) is 6.37. The van der Waals surface area contributed by atoms with E-state index >= 15 is 0 Å². The van der Waals surface area contributed by atoms with Crippen molar-refractivity contribution < 1.29 is 14.2 Å². The fourth-order valence-corrected chi connectivity index (χ4v) is 2.90. The minimum Gasteiger partial charge on any atom is -0.493 e. The Hall–Kier alpha value is -1.56. The van der Waals surface area contributed by atoms with E-state index in [1.54, 1.807) is 7.11 Å². The van der Waals surface area contributed by atoms with E-state index in [-0.39, 0.29) is 6.04 Å². The lowest BCUT2D eigenvalue weighted by Crippen LogP contribution is -2.40. The smallest absolute Gasteiger partial charge is 0.161 e. The number of hydrogen-bond donors (Lipinski definition) is 1. The summed E-state index contributed by atoms with van der Waals surface area (Å²) in [6.07, 6.45) is 2.83. The first-order valence-electron chi connectivity index (χ1n) is 8.73. The first-order valence-corrected chi connectivity index (χ1v) is 8.73. The Labute approximate surface area is 145 Å². The summed E-state index contributed by atoms with van der Waals surface area (Å²) in [6.45, 7) is 12.2. The van der Waals surface area contributed by atoms with Crippen molar-refractivity contribution in [3.8, 4) is 11.5 Å². The Kier molecular flexibility index (Phi) is 8.08. The molecule has 5 nitrogen and oxygen atoms in total. The summed E-state index contributed by atoms with van der Waals surface area (Å²) in [4.78, 5) is 2.43. The molecular weight excluding hydrogens is 304 g/mol. The summed E-state index contributed by atoms with van der Waals surface area (Å²) in [5.74, 6) is 1.56. The van der Waals surface area contributed by atoms with Crippen molar-refractivity contribution in [1.29, 1.82) is 0 Å². The second-order valence-corrected chi connectivity index (χ2v) is 5.83. The van der Waals surface area contributed by atoms with Gasteiger partial charge in [-0.15, -0.1) is 6.58 Å². The van der Waals surface area contributed by atoms with Crippen LogP contribution in [0.15, 0.2) is 30.9 Å². The zero-order valence-corrected chi connectivity index (χ0v) is 14.9. The number of rotatable bonds is 10. The molecule has 1 aromatic rings. The van der Waals surface area contributed by atoms with Gasteiger partial charge in [0.25, 0.3) is 0 Å². The molecule has 1 heterocycles. The zero-order chi connectivity index (χ0) is 17.2. The normalized spacial score (nSPS) is 16.6. The summed E-state index contributed by atoms with van der Waals surface area (Å²) in [5, 5.41) is 3.64. The molecule has 1 fully saturated rings. The third kappa shape index (κ3) is 5.51. The Morgan fingerprint density at radius 1 is 1.33 bits per heavy atom. The van der Waals surface area contributed by atoms with Crippen molar-refractivity contribution in [2.24, 2.45) is 0 Å². The van der Waals surface area contributed by atoms with E-state index < -0.39 is 0 Å². The van der Waals surface area contributed by atoms with Crippen molar-refractivity contribution >= 4 is 0 Å². The van der Waals surface area contributed by atoms with Crippen molar-refractivity contribution in [1.82, 2.24) is 10.2 Å². The summed E-state index contributed by atoms with van der Waals surface area (Å²) in [7, 11) is 1.68. The number of nitrogens with zero attached hydrogens (tertiary/aromatic N) is 1. The molecule has 0 saturated carbocycles. The van der Waals surface area contributed by atoms with Crippen molar-refractivity contribution in [3.63, 3.8) is 0 Å². The first-order chi connectivity index (χ1) is 11.8. The molecule has 1 aliphatic rings. The van der Waals surface area contributed by atoms with Gasteiger partial charge in [0.2, 0.25) is 0 Å². The van der Waals surface area contributed by atoms with Crippen LogP contribution in [-0.4, -0.2) is 58.0 Å². The second-order valence-electron chi connectivity index (χ2n) is 5.83. The largest absolute Gasteiger partial charge is 0.493 e. The van der Waals surface area contributed by atoms with E-state index in [4.69, 9.17) is 14.2 Å². The number of morpholine rings is 1. The summed E-state index contributed by atoms with van der Waals surface area (Å²) in [5.41, 5.74) is 1.19. The zero-order valence-electron chi connectivity index (χ0n) is 14.9. The molecule has 0 bridgehead atoms. The van der Waals surface area contributed by atoms with E-state index in [2.05, 4.69) is 28.9 Å². The van der Waals surface area contributed by atoms with Crippen LogP contribution < -0.4 is 14.8 Å². The second kappa shape index (κ2) is 10.3. The lowest BCUT2D eigenvalue weighted by atomic mass is 10.0. The van der Waals surface area contributed by atoms with Crippen LogP contribution in [-0.2, 0) is 4.74 Å². The van der Waals surface area contributed by atoms with E-state index in [9.17, 15) is 0 Å². The van der Waals surface area contributed by atoms with Crippen molar-refractivity contribution in [2.75, 3.05) is 53.1 Å². The SMILES string of the molecule is C=CCC(NCCN1CCOCC1)c1ccc(OCC)c(OC)c1. The highest BCUT2D eigenvalue weighted by atomic mass is 16.5. The van der Waals surface area contributed by atoms with Gasteiger partial charge in [-0.25, -0.2) is 0 Å². The molecule has 2 rings (SSSR count). The maximum absolute atomic E-state index is 5.60. The van der Waals surface area contributed by atoms with Gasteiger partial charge in [0, 0.05) is 32.2 Å². The molecule has 0 aliphatic carbocycles.